The van der Waals surface area contributed by atoms with Crippen LogP contribution < -0.4 is 5.73 Å². The van der Waals surface area contributed by atoms with Crippen molar-refractivity contribution in [1.29, 1.82) is 0 Å². The maximum atomic E-state index is 13.3. The average molecular weight is 364 g/mol. The molecule has 142 valence electrons. The van der Waals surface area contributed by atoms with Crippen LogP contribution in [0.5, 0.6) is 0 Å². The number of unbranched alkanes of at least 4 members (excludes halogenated alkanes) is 1. The number of nitrogens with two attached hydrogens (primary N) is 1. The van der Waals surface area contributed by atoms with E-state index in [4.69, 9.17) is 15.8 Å². The van der Waals surface area contributed by atoms with Crippen LogP contribution in [0.15, 0.2) is 18.2 Å². The first-order valence-corrected chi connectivity index (χ1v) is 8.25. The molecule has 1 atom stereocenters. The Morgan fingerprint density at radius 3 is 2.48 bits per heavy atom. The zero-order valence-corrected chi connectivity index (χ0v) is 14.3. The molecular weight excluding hydrogens is 339 g/mol. The summed E-state index contributed by atoms with van der Waals surface area (Å²) in [6, 6.07) is 2.97. The van der Waals surface area contributed by atoms with E-state index in [9.17, 15) is 17.6 Å². The first-order chi connectivity index (χ1) is 11.6. The van der Waals surface area contributed by atoms with Gasteiger partial charge in [0.05, 0.1) is 5.56 Å². The van der Waals surface area contributed by atoms with Gasteiger partial charge < -0.3 is 20.7 Å². The van der Waals surface area contributed by atoms with Crippen LogP contribution >= 0.6 is 0 Å². The van der Waals surface area contributed by atoms with Gasteiger partial charge in [-0.25, -0.2) is 4.39 Å². The van der Waals surface area contributed by atoms with E-state index in [1.165, 1.54) is 6.07 Å². The van der Waals surface area contributed by atoms with Crippen molar-refractivity contribution in [2.75, 3.05) is 13.6 Å². The van der Waals surface area contributed by atoms with E-state index in [0.717, 1.165) is 25.0 Å². The highest BCUT2D eigenvalue weighted by atomic mass is 19.4. The normalized spacial score (nSPS) is 13.3. The Morgan fingerprint density at radius 1 is 1.20 bits per heavy atom. The van der Waals surface area contributed by atoms with Crippen molar-refractivity contribution in [2.24, 2.45) is 5.73 Å². The van der Waals surface area contributed by atoms with Gasteiger partial charge in [-0.05, 0) is 50.5 Å². The van der Waals surface area contributed by atoms with Crippen molar-refractivity contribution < 1.29 is 27.6 Å². The Morgan fingerprint density at radius 2 is 1.88 bits per heavy atom. The minimum atomic E-state index is -4.71. The number of hydrogen-bond donors (Lipinski definition) is 3. The van der Waals surface area contributed by atoms with Gasteiger partial charge in [-0.15, -0.1) is 0 Å². The molecule has 0 radical (unpaired) electrons. The topological polar surface area (TPSA) is 69.7 Å². The standard InChI is InChI=1S/C16H25BF4N2O2/c1-23(9-7-13(22)4-2-3-8-17(24)25)11-12-5-6-15(18)14(10-12)16(19,20)21/h5-6,10,13,24-25H,2-4,7-9,11,22H2,1H3. The van der Waals surface area contributed by atoms with Crippen LogP contribution in [0.2, 0.25) is 6.32 Å². The van der Waals surface area contributed by atoms with Crippen LogP contribution in [0.4, 0.5) is 17.6 Å². The van der Waals surface area contributed by atoms with Crippen LogP contribution in [-0.4, -0.2) is 41.7 Å². The molecule has 0 saturated carbocycles. The fourth-order valence-corrected chi connectivity index (χ4v) is 2.54. The molecule has 0 heterocycles. The smallest absolute Gasteiger partial charge is 0.427 e. The van der Waals surface area contributed by atoms with Crippen LogP contribution in [0.25, 0.3) is 0 Å². The largest absolute Gasteiger partial charge is 0.451 e. The molecule has 1 aromatic carbocycles. The van der Waals surface area contributed by atoms with Crippen molar-refractivity contribution >= 4 is 7.12 Å². The van der Waals surface area contributed by atoms with Crippen molar-refractivity contribution in [3.8, 4) is 0 Å². The van der Waals surface area contributed by atoms with E-state index in [0.29, 0.717) is 31.3 Å². The molecule has 0 saturated heterocycles. The molecule has 0 aliphatic rings. The Kier molecular flexibility index (Phi) is 8.85. The third-order valence-corrected chi connectivity index (χ3v) is 3.96. The fourth-order valence-electron chi connectivity index (χ4n) is 2.54. The Balaban J connectivity index is 2.40. The molecule has 0 aliphatic carbocycles. The van der Waals surface area contributed by atoms with E-state index >= 15 is 0 Å². The zero-order chi connectivity index (χ0) is 19.0. The van der Waals surface area contributed by atoms with E-state index < -0.39 is 24.7 Å². The summed E-state index contributed by atoms with van der Waals surface area (Å²) in [5, 5.41) is 17.5. The molecule has 0 bridgehead atoms. The van der Waals surface area contributed by atoms with E-state index in [1.54, 1.807) is 7.05 Å². The minimum absolute atomic E-state index is 0.0581. The van der Waals surface area contributed by atoms with Gasteiger partial charge >= 0.3 is 13.3 Å². The number of halogens is 4. The van der Waals surface area contributed by atoms with Crippen molar-refractivity contribution in [2.45, 2.75) is 50.8 Å². The monoisotopic (exact) mass is 364 g/mol. The summed E-state index contributed by atoms with van der Waals surface area (Å²) in [6.45, 7) is 0.870. The van der Waals surface area contributed by atoms with Crippen LogP contribution in [-0.2, 0) is 12.7 Å². The second-order valence-electron chi connectivity index (χ2n) is 6.36. The molecule has 0 aromatic heterocycles. The van der Waals surface area contributed by atoms with Crippen molar-refractivity contribution in [3.63, 3.8) is 0 Å². The Bertz CT molecular complexity index is 529. The molecule has 25 heavy (non-hydrogen) atoms. The first kappa shape index (κ1) is 21.9. The van der Waals surface area contributed by atoms with Crippen molar-refractivity contribution in [1.82, 2.24) is 4.90 Å². The third kappa shape index (κ3) is 8.67. The van der Waals surface area contributed by atoms with Crippen LogP contribution in [0, 0.1) is 5.82 Å². The molecule has 1 aromatic rings. The number of rotatable bonds is 10. The van der Waals surface area contributed by atoms with Gasteiger partial charge in [-0.2, -0.15) is 13.2 Å². The van der Waals surface area contributed by atoms with Gasteiger partial charge in [0.2, 0.25) is 0 Å². The molecule has 1 unspecified atom stereocenters. The summed E-state index contributed by atoms with van der Waals surface area (Å²) >= 11 is 0. The summed E-state index contributed by atoms with van der Waals surface area (Å²) in [4.78, 5) is 1.84. The van der Waals surface area contributed by atoms with E-state index in [1.807, 2.05) is 4.90 Å². The lowest BCUT2D eigenvalue weighted by molar-refractivity contribution is -0.140. The molecule has 4 N–H and O–H groups in total. The summed E-state index contributed by atoms with van der Waals surface area (Å²) in [7, 11) is 0.477. The highest BCUT2D eigenvalue weighted by molar-refractivity contribution is 6.40. The highest BCUT2D eigenvalue weighted by Crippen LogP contribution is 2.32. The zero-order valence-electron chi connectivity index (χ0n) is 14.3. The maximum Gasteiger partial charge on any atom is 0.451 e. The van der Waals surface area contributed by atoms with Gasteiger partial charge in [0.15, 0.2) is 0 Å². The number of hydrogen-bond acceptors (Lipinski definition) is 4. The molecule has 4 nitrogen and oxygen atoms in total. The molecular formula is C16H25BF4N2O2. The lowest BCUT2D eigenvalue weighted by Gasteiger charge is -2.20. The van der Waals surface area contributed by atoms with Gasteiger partial charge in [0.25, 0.3) is 0 Å². The lowest BCUT2D eigenvalue weighted by atomic mass is 9.83. The van der Waals surface area contributed by atoms with Gasteiger partial charge in [0.1, 0.15) is 5.82 Å². The quantitative estimate of drug-likeness (QED) is 0.339. The van der Waals surface area contributed by atoms with Crippen molar-refractivity contribution in [3.05, 3.63) is 35.1 Å². The minimum Gasteiger partial charge on any atom is -0.427 e. The third-order valence-electron chi connectivity index (χ3n) is 3.96. The Labute approximate surface area is 145 Å². The summed E-state index contributed by atoms with van der Waals surface area (Å²) in [5.74, 6) is -1.27. The predicted octanol–water partition coefficient (Wildman–Crippen LogP) is 2.64. The maximum absolute atomic E-state index is 13.3. The predicted molar refractivity (Wildman–Crippen MR) is 89.2 cm³/mol. The van der Waals surface area contributed by atoms with E-state index in [2.05, 4.69) is 0 Å². The molecule has 9 heteroatoms. The molecule has 0 fully saturated rings. The highest BCUT2D eigenvalue weighted by Gasteiger charge is 2.34. The van der Waals surface area contributed by atoms with Gasteiger partial charge in [-0.1, -0.05) is 18.9 Å². The number of alkyl halides is 3. The van der Waals surface area contributed by atoms with E-state index in [-0.39, 0.29) is 12.6 Å². The Hall–Kier alpha value is -1.16. The summed E-state index contributed by atoms with van der Waals surface area (Å²) in [5.41, 5.74) is 5.12. The lowest BCUT2D eigenvalue weighted by Crippen LogP contribution is -2.28. The van der Waals surface area contributed by atoms with Gasteiger partial charge in [-0.3, -0.25) is 0 Å². The van der Waals surface area contributed by atoms with Crippen LogP contribution in [0.3, 0.4) is 0 Å². The first-order valence-electron chi connectivity index (χ1n) is 8.25. The molecule has 0 aliphatic heterocycles. The number of nitrogens with zero attached hydrogens (tertiary/aromatic N) is 1. The molecule has 0 amide bonds. The number of benzene rings is 1. The second kappa shape index (κ2) is 10.1. The average Bonchev–Trinajstić information content (AvgIpc) is 2.50. The SMILES string of the molecule is CN(CCC(N)CCCCB(O)O)Cc1ccc(F)c(C(F)(F)F)c1. The summed E-state index contributed by atoms with van der Waals surface area (Å²) in [6.07, 6.45) is -1.50. The molecule has 1 rings (SSSR count). The fraction of sp³-hybridized carbons (Fsp3) is 0.625. The van der Waals surface area contributed by atoms with Crippen LogP contribution in [0.1, 0.15) is 36.8 Å². The second-order valence-corrected chi connectivity index (χ2v) is 6.36. The van der Waals surface area contributed by atoms with Gasteiger partial charge in [0, 0.05) is 12.6 Å². The molecule has 0 spiro atoms. The summed E-state index contributed by atoms with van der Waals surface area (Å²) < 4.78 is 51.4.